The molecule has 0 atom stereocenters. The van der Waals surface area contributed by atoms with Crippen LogP contribution >= 0.6 is 0 Å². The normalized spacial score (nSPS) is 11.4. The number of hydrogen-bond donors (Lipinski definition) is 0. The molecule has 0 radical (unpaired) electrons. The zero-order valence-corrected chi connectivity index (χ0v) is 34.2. The van der Waals surface area contributed by atoms with Gasteiger partial charge in [0.1, 0.15) is 0 Å². The van der Waals surface area contributed by atoms with E-state index in [9.17, 15) is 0 Å². The van der Waals surface area contributed by atoms with Crippen LogP contribution in [0.4, 0.5) is 0 Å². The Labute approximate surface area is 277 Å². The summed E-state index contributed by atoms with van der Waals surface area (Å²) in [7, 11) is -4.62. The van der Waals surface area contributed by atoms with E-state index >= 15 is 0 Å². The summed E-state index contributed by atoms with van der Waals surface area (Å²) in [5, 5.41) is 0. The Morgan fingerprint density at radius 1 is 0.455 bits per heavy atom. The third kappa shape index (κ3) is 45.9. The van der Waals surface area contributed by atoms with Crippen LogP contribution in [0.15, 0.2) is 50.6 Å². The first-order valence-electron chi connectivity index (χ1n) is 16.1. The van der Waals surface area contributed by atoms with Crippen LogP contribution < -0.4 is 0 Å². The van der Waals surface area contributed by atoms with Gasteiger partial charge in [0.15, 0.2) is 34.7 Å². The molecule has 0 saturated carbocycles. The van der Waals surface area contributed by atoms with Crippen LogP contribution in [0.2, 0.25) is 64.5 Å². The van der Waals surface area contributed by atoms with Gasteiger partial charge in [-0.25, -0.2) is 0 Å². The zero-order valence-electron chi connectivity index (χ0n) is 29.9. The van der Waals surface area contributed by atoms with Crippen molar-refractivity contribution in [3.63, 3.8) is 0 Å². The van der Waals surface area contributed by atoms with Crippen molar-refractivity contribution in [1.82, 2.24) is 0 Å². The van der Waals surface area contributed by atoms with E-state index in [0.29, 0.717) is 66.1 Å². The van der Waals surface area contributed by atoms with Crippen molar-refractivity contribution in [1.29, 1.82) is 0 Å². The van der Waals surface area contributed by atoms with Gasteiger partial charge in [0.25, 0.3) is 0 Å². The summed E-state index contributed by atoms with van der Waals surface area (Å²) in [6.07, 6.45) is 9.04. The van der Waals surface area contributed by atoms with E-state index in [1.54, 1.807) is 24.3 Å². The second-order valence-corrected chi connectivity index (χ2v) is 25.9. The van der Waals surface area contributed by atoms with Crippen molar-refractivity contribution >= 4 is 34.7 Å². The number of rotatable bonds is 29. The van der Waals surface area contributed by atoms with Crippen molar-refractivity contribution in [2.75, 3.05) is 79.3 Å². The van der Waals surface area contributed by atoms with Crippen molar-refractivity contribution in [2.24, 2.45) is 0 Å². The summed E-state index contributed by atoms with van der Waals surface area (Å²) < 4.78 is 44.1. The van der Waals surface area contributed by atoms with Crippen LogP contribution in [0.3, 0.4) is 0 Å². The predicted molar refractivity (Wildman–Crippen MR) is 199 cm³/mol. The van der Waals surface area contributed by atoms with Gasteiger partial charge >= 0.3 is 0 Å². The quantitative estimate of drug-likeness (QED) is 0.0471. The molecular formula is C32H70O8Si4. The van der Waals surface area contributed by atoms with E-state index in [0.717, 1.165) is 38.1 Å². The molecule has 0 fully saturated rings. The average molecular weight is 695 g/mol. The topological polar surface area (TPSA) is 73.8 Å². The average Bonchev–Trinajstić information content (AvgIpc) is 2.93. The van der Waals surface area contributed by atoms with E-state index < -0.39 is 34.7 Å². The standard InChI is InChI=1S/C20H42O5Si2.C8H14O2.C4H14OSi2/c1-7-11-21-15-17-23-13-9-19-26(3,4)25-27(5,6)20-10-14-24-18-16-22-12-8-2;1-3-5-9-7-8-10-6-4-2;1-6(2)5-7(3)4/h7-8H,1-2,9-20H2,3-6H3;3-4H,1-2,5-8H2;6-7H,1-4H3. The highest BCUT2D eigenvalue weighted by atomic mass is 28.4. The van der Waals surface area contributed by atoms with Gasteiger partial charge in [-0.15, -0.1) is 26.3 Å². The smallest absolute Gasteiger partial charge is 0.173 e. The molecule has 8 nitrogen and oxygen atoms in total. The van der Waals surface area contributed by atoms with Crippen LogP contribution in [0, 0.1) is 0 Å². The van der Waals surface area contributed by atoms with Gasteiger partial charge in [-0.1, -0.05) is 24.3 Å². The van der Waals surface area contributed by atoms with Gasteiger partial charge in [-0.05, 0) is 77.3 Å². The molecule has 0 aromatic heterocycles. The maximum absolute atomic E-state index is 6.64. The predicted octanol–water partition coefficient (Wildman–Crippen LogP) is 6.99. The molecule has 0 heterocycles. The van der Waals surface area contributed by atoms with Gasteiger partial charge in [-0.2, -0.15) is 0 Å². The lowest BCUT2D eigenvalue weighted by atomic mass is 10.5. The monoisotopic (exact) mass is 694 g/mol. The van der Waals surface area contributed by atoms with Crippen LogP contribution in [-0.2, 0) is 36.7 Å². The van der Waals surface area contributed by atoms with Gasteiger partial charge < -0.3 is 36.7 Å². The van der Waals surface area contributed by atoms with Crippen LogP contribution in [0.25, 0.3) is 0 Å². The Hall–Kier alpha value is -0.492. The highest BCUT2D eigenvalue weighted by Crippen LogP contribution is 2.23. The van der Waals surface area contributed by atoms with Crippen LogP contribution in [0.5, 0.6) is 0 Å². The molecule has 0 aliphatic carbocycles. The fraction of sp³-hybridized carbons (Fsp3) is 0.750. The Kier molecular flexibility index (Phi) is 38.5. The largest absolute Gasteiger partial charge is 0.461 e. The maximum atomic E-state index is 6.64. The molecule has 12 heteroatoms. The summed E-state index contributed by atoms with van der Waals surface area (Å²) in [5.74, 6) is 0. The van der Waals surface area contributed by atoms with Gasteiger partial charge in [0.2, 0.25) is 0 Å². The van der Waals surface area contributed by atoms with E-state index in [1.165, 1.54) is 0 Å². The van der Waals surface area contributed by atoms with Crippen LogP contribution in [0.1, 0.15) is 12.8 Å². The summed E-state index contributed by atoms with van der Waals surface area (Å²) >= 11 is 0. The Bertz CT molecular complexity index is 598. The minimum Gasteiger partial charge on any atom is -0.461 e. The molecule has 0 aliphatic rings. The van der Waals surface area contributed by atoms with Gasteiger partial charge in [0.05, 0.1) is 66.1 Å². The molecule has 0 saturated heterocycles. The first-order valence-corrected chi connectivity index (χ1v) is 27.9. The summed E-state index contributed by atoms with van der Waals surface area (Å²) in [6, 6.07) is 2.27. The van der Waals surface area contributed by atoms with Crippen LogP contribution in [-0.4, -0.2) is 114 Å². The van der Waals surface area contributed by atoms with E-state index in [2.05, 4.69) is 78.7 Å². The first kappa shape index (κ1) is 47.9. The summed E-state index contributed by atoms with van der Waals surface area (Å²) in [4.78, 5) is 0. The van der Waals surface area contributed by atoms with E-state index in [4.69, 9.17) is 36.7 Å². The molecule has 0 unspecified atom stereocenters. The minimum absolute atomic E-state index is 0.588. The van der Waals surface area contributed by atoms with Gasteiger partial charge in [0, 0.05) is 13.2 Å². The Balaban J connectivity index is -0.000000802. The molecule has 0 N–H and O–H groups in total. The minimum atomic E-state index is -1.64. The fourth-order valence-corrected chi connectivity index (χ4v) is 17.0. The van der Waals surface area contributed by atoms with Crippen molar-refractivity contribution in [3.8, 4) is 0 Å². The van der Waals surface area contributed by atoms with Gasteiger partial charge in [-0.3, -0.25) is 0 Å². The second-order valence-electron chi connectivity index (χ2n) is 11.7. The molecular weight excluding hydrogens is 625 g/mol. The highest BCUT2D eigenvalue weighted by molar-refractivity contribution is 6.84. The number of ether oxygens (including phenoxy) is 6. The van der Waals surface area contributed by atoms with Crippen molar-refractivity contribution < 1.29 is 36.7 Å². The highest BCUT2D eigenvalue weighted by Gasteiger charge is 2.32. The Morgan fingerprint density at radius 3 is 0.955 bits per heavy atom. The lowest BCUT2D eigenvalue weighted by molar-refractivity contribution is 0.0583. The zero-order chi connectivity index (χ0) is 34.0. The maximum Gasteiger partial charge on any atom is 0.173 e. The molecule has 44 heavy (non-hydrogen) atoms. The summed E-state index contributed by atoms with van der Waals surface area (Å²) in [5.41, 5.74) is 0. The van der Waals surface area contributed by atoms with Crippen molar-refractivity contribution in [2.45, 2.75) is 77.3 Å². The second kappa shape index (κ2) is 35.4. The molecule has 262 valence electrons. The number of hydrogen-bond acceptors (Lipinski definition) is 8. The Morgan fingerprint density at radius 2 is 0.727 bits per heavy atom. The lowest BCUT2D eigenvalue weighted by Gasteiger charge is -2.34. The third-order valence-electron chi connectivity index (χ3n) is 5.29. The summed E-state index contributed by atoms with van der Waals surface area (Å²) in [6.45, 7) is 40.1. The molecule has 0 amide bonds. The molecule has 0 rings (SSSR count). The lowest BCUT2D eigenvalue weighted by Crippen LogP contribution is -2.44. The molecule has 0 bridgehead atoms. The first-order chi connectivity index (χ1) is 20.9. The third-order valence-corrected chi connectivity index (χ3v) is 17.2. The van der Waals surface area contributed by atoms with Crippen molar-refractivity contribution in [3.05, 3.63) is 50.6 Å². The molecule has 0 aliphatic heterocycles. The fourth-order valence-electron chi connectivity index (χ4n) is 3.82. The van der Waals surface area contributed by atoms with E-state index in [1.807, 2.05) is 0 Å². The molecule has 0 aromatic rings. The molecule has 0 aromatic carbocycles. The SMILES string of the molecule is C=CCOCCOCC=C.C=CCOCCOCCC[Si](C)(C)O[Si](C)(C)CCCOCCOCC=C.C[SiH](C)O[SiH](C)C. The molecule has 0 spiro atoms. The van der Waals surface area contributed by atoms with E-state index in [-0.39, 0.29) is 0 Å².